The van der Waals surface area contributed by atoms with Crippen LogP contribution in [0.5, 0.6) is 0 Å². The maximum absolute atomic E-state index is 12.8. The summed E-state index contributed by atoms with van der Waals surface area (Å²) >= 11 is 8.79. The van der Waals surface area contributed by atoms with E-state index in [0.29, 0.717) is 26.9 Å². The van der Waals surface area contributed by atoms with Gasteiger partial charge >= 0.3 is 0 Å². The van der Waals surface area contributed by atoms with Crippen LogP contribution in [-0.4, -0.2) is 21.2 Å². The maximum atomic E-state index is 12.8. The standard InChI is InChI=1S/C19H20ClN3O2S2/c1-3-12(2)23-18(25)17-15(8-9-26-17)22-19(23)27-11-16(24)21-10-13-6-4-5-7-14(13)20/h4-9,12H,3,10-11H2,1-2H3,(H,21,24)/t12-/m1/s1. The molecule has 0 saturated heterocycles. The van der Waals surface area contributed by atoms with Crippen molar-refractivity contribution in [2.45, 2.75) is 38.0 Å². The van der Waals surface area contributed by atoms with E-state index in [2.05, 4.69) is 10.3 Å². The smallest absolute Gasteiger partial charge is 0.272 e. The molecule has 8 heteroatoms. The summed E-state index contributed by atoms with van der Waals surface area (Å²) in [7, 11) is 0. The van der Waals surface area contributed by atoms with Crippen molar-refractivity contribution in [3.05, 3.63) is 56.7 Å². The topological polar surface area (TPSA) is 64.0 Å². The predicted molar refractivity (Wildman–Crippen MR) is 113 cm³/mol. The van der Waals surface area contributed by atoms with E-state index in [9.17, 15) is 9.59 Å². The molecule has 0 bridgehead atoms. The SMILES string of the molecule is CC[C@@H](C)n1c(SCC(=O)NCc2ccccc2Cl)nc2ccsc2c1=O. The first kappa shape index (κ1) is 19.9. The molecule has 1 amide bonds. The highest BCUT2D eigenvalue weighted by Gasteiger charge is 2.17. The van der Waals surface area contributed by atoms with Crippen molar-refractivity contribution in [3.8, 4) is 0 Å². The summed E-state index contributed by atoms with van der Waals surface area (Å²) < 4.78 is 2.35. The van der Waals surface area contributed by atoms with E-state index < -0.39 is 0 Å². The third-order valence-electron chi connectivity index (χ3n) is 4.28. The molecule has 1 N–H and O–H groups in total. The summed E-state index contributed by atoms with van der Waals surface area (Å²) in [4.78, 5) is 29.7. The van der Waals surface area contributed by atoms with E-state index in [0.717, 1.165) is 12.0 Å². The number of halogens is 1. The molecular formula is C19H20ClN3O2S2. The van der Waals surface area contributed by atoms with Crippen LogP contribution in [0.3, 0.4) is 0 Å². The van der Waals surface area contributed by atoms with E-state index in [4.69, 9.17) is 11.6 Å². The quantitative estimate of drug-likeness (QED) is 0.451. The highest BCUT2D eigenvalue weighted by Crippen LogP contribution is 2.24. The molecule has 5 nitrogen and oxygen atoms in total. The first-order chi connectivity index (χ1) is 13.0. The summed E-state index contributed by atoms with van der Waals surface area (Å²) in [5.41, 5.74) is 1.51. The number of amides is 1. The van der Waals surface area contributed by atoms with E-state index in [1.165, 1.54) is 23.1 Å². The van der Waals surface area contributed by atoms with Gasteiger partial charge in [0.15, 0.2) is 5.16 Å². The highest BCUT2D eigenvalue weighted by atomic mass is 35.5. The Labute approximate surface area is 170 Å². The van der Waals surface area contributed by atoms with Crippen molar-refractivity contribution in [1.29, 1.82) is 0 Å². The first-order valence-corrected chi connectivity index (χ1v) is 10.9. The first-order valence-electron chi connectivity index (χ1n) is 8.64. The van der Waals surface area contributed by atoms with Crippen molar-refractivity contribution in [2.75, 3.05) is 5.75 Å². The third kappa shape index (κ3) is 4.54. The number of fused-ring (bicyclic) bond motifs is 1. The van der Waals surface area contributed by atoms with Gasteiger partial charge in [0.05, 0.1) is 11.3 Å². The molecule has 0 aliphatic carbocycles. The molecule has 0 unspecified atom stereocenters. The molecule has 0 radical (unpaired) electrons. The summed E-state index contributed by atoms with van der Waals surface area (Å²) in [6.45, 7) is 4.39. The van der Waals surface area contributed by atoms with Crippen LogP contribution < -0.4 is 10.9 Å². The predicted octanol–water partition coefficient (Wildman–Crippen LogP) is 4.49. The van der Waals surface area contributed by atoms with Gasteiger partial charge in [0, 0.05) is 17.6 Å². The number of benzene rings is 1. The lowest BCUT2D eigenvalue weighted by Crippen LogP contribution is -2.27. The molecule has 142 valence electrons. The average Bonchev–Trinajstić information content (AvgIpc) is 3.14. The molecule has 3 aromatic rings. The largest absolute Gasteiger partial charge is 0.351 e. The lowest BCUT2D eigenvalue weighted by Gasteiger charge is -2.17. The van der Waals surface area contributed by atoms with E-state index >= 15 is 0 Å². The van der Waals surface area contributed by atoms with Gasteiger partial charge in [0.25, 0.3) is 5.56 Å². The molecule has 0 aliphatic rings. The number of nitrogens with zero attached hydrogens (tertiary/aromatic N) is 2. The van der Waals surface area contributed by atoms with Crippen molar-refractivity contribution >= 4 is 50.8 Å². The molecule has 27 heavy (non-hydrogen) atoms. The van der Waals surface area contributed by atoms with Crippen LogP contribution in [0.15, 0.2) is 45.7 Å². The van der Waals surface area contributed by atoms with Gasteiger partial charge in [-0.05, 0) is 36.4 Å². The minimum Gasteiger partial charge on any atom is -0.351 e. The van der Waals surface area contributed by atoms with Gasteiger partial charge in [0.2, 0.25) is 5.91 Å². The van der Waals surface area contributed by atoms with Gasteiger partial charge in [0.1, 0.15) is 4.70 Å². The Bertz CT molecular complexity index is 1020. The zero-order valence-corrected chi connectivity index (χ0v) is 17.5. The molecular weight excluding hydrogens is 402 g/mol. The second-order valence-electron chi connectivity index (χ2n) is 6.12. The summed E-state index contributed by atoms with van der Waals surface area (Å²) in [5.74, 6) is 0.0541. The monoisotopic (exact) mass is 421 g/mol. The molecule has 0 aliphatic heterocycles. The Hall–Kier alpha value is -1.83. The van der Waals surface area contributed by atoms with Gasteiger partial charge in [-0.15, -0.1) is 11.3 Å². The number of carbonyl (C=O) groups is 1. The van der Waals surface area contributed by atoms with Gasteiger partial charge in [-0.2, -0.15) is 0 Å². The minimum absolute atomic E-state index is 0.0187. The van der Waals surface area contributed by atoms with Gasteiger partial charge in [-0.25, -0.2) is 4.98 Å². The zero-order valence-electron chi connectivity index (χ0n) is 15.1. The Balaban J connectivity index is 1.73. The number of thiophene rings is 1. The van der Waals surface area contributed by atoms with Crippen LogP contribution in [0.1, 0.15) is 31.9 Å². The minimum atomic E-state index is -0.129. The molecule has 0 saturated carbocycles. The molecule has 1 atom stereocenters. The summed E-state index contributed by atoms with van der Waals surface area (Å²) in [6.07, 6.45) is 0.810. The normalized spacial score (nSPS) is 12.3. The van der Waals surface area contributed by atoms with E-state index in [1.807, 2.05) is 43.5 Å². The van der Waals surface area contributed by atoms with Crippen molar-refractivity contribution in [2.24, 2.45) is 0 Å². The van der Waals surface area contributed by atoms with Crippen LogP contribution in [-0.2, 0) is 11.3 Å². The fourth-order valence-electron chi connectivity index (χ4n) is 2.59. The molecule has 0 fully saturated rings. The lowest BCUT2D eigenvalue weighted by molar-refractivity contribution is -0.118. The number of thioether (sulfide) groups is 1. The maximum Gasteiger partial charge on any atom is 0.272 e. The van der Waals surface area contributed by atoms with Crippen molar-refractivity contribution < 1.29 is 4.79 Å². The molecule has 3 rings (SSSR count). The third-order valence-corrected chi connectivity index (χ3v) is 6.49. The fourth-order valence-corrected chi connectivity index (χ4v) is 4.49. The zero-order chi connectivity index (χ0) is 19.4. The van der Waals surface area contributed by atoms with Gasteiger partial charge < -0.3 is 5.32 Å². The number of hydrogen-bond acceptors (Lipinski definition) is 5. The van der Waals surface area contributed by atoms with E-state index in [-0.39, 0.29) is 23.3 Å². The Morgan fingerprint density at radius 1 is 1.37 bits per heavy atom. The number of carbonyl (C=O) groups excluding carboxylic acids is 1. The Morgan fingerprint density at radius 3 is 2.89 bits per heavy atom. The molecule has 2 heterocycles. The van der Waals surface area contributed by atoms with Crippen molar-refractivity contribution in [1.82, 2.24) is 14.9 Å². The lowest BCUT2D eigenvalue weighted by atomic mass is 10.2. The van der Waals surface area contributed by atoms with Gasteiger partial charge in [-0.1, -0.05) is 48.5 Å². The fraction of sp³-hybridized carbons (Fsp3) is 0.316. The summed E-state index contributed by atoms with van der Waals surface area (Å²) in [5, 5.41) is 5.93. The van der Waals surface area contributed by atoms with Crippen LogP contribution in [0.2, 0.25) is 5.02 Å². The average molecular weight is 422 g/mol. The number of hydrogen-bond donors (Lipinski definition) is 1. The molecule has 2 aromatic heterocycles. The number of nitrogens with one attached hydrogen (secondary N) is 1. The van der Waals surface area contributed by atoms with Crippen LogP contribution in [0.25, 0.3) is 10.2 Å². The molecule has 0 spiro atoms. The van der Waals surface area contributed by atoms with Crippen LogP contribution >= 0.6 is 34.7 Å². The number of rotatable bonds is 7. The highest BCUT2D eigenvalue weighted by molar-refractivity contribution is 7.99. The second kappa shape index (κ2) is 8.91. The Kier molecular flexibility index (Phi) is 6.57. The summed E-state index contributed by atoms with van der Waals surface area (Å²) in [6, 6.07) is 9.26. The number of aromatic nitrogens is 2. The van der Waals surface area contributed by atoms with Crippen LogP contribution in [0.4, 0.5) is 0 Å². The second-order valence-corrected chi connectivity index (χ2v) is 8.38. The van der Waals surface area contributed by atoms with E-state index in [1.54, 1.807) is 10.6 Å². The molecule has 1 aromatic carbocycles. The van der Waals surface area contributed by atoms with Crippen molar-refractivity contribution in [3.63, 3.8) is 0 Å². The van der Waals surface area contributed by atoms with Crippen LogP contribution in [0, 0.1) is 0 Å². The van der Waals surface area contributed by atoms with Gasteiger partial charge in [-0.3, -0.25) is 14.2 Å². The Morgan fingerprint density at radius 2 is 2.15 bits per heavy atom.